The summed E-state index contributed by atoms with van der Waals surface area (Å²) in [6.45, 7) is -0.411. The van der Waals surface area contributed by atoms with Crippen LogP contribution in [-0.2, 0) is 22.2 Å². The molecule has 0 bridgehead atoms. The summed E-state index contributed by atoms with van der Waals surface area (Å²) in [6.07, 6.45) is -3.09. The molecule has 1 aliphatic heterocycles. The van der Waals surface area contributed by atoms with Gasteiger partial charge >= 0.3 is 6.18 Å². The highest BCUT2D eigenvalue weighted by molar-refractivity contribution is 6.03. The maximum atomic E-state index is 13.8. The second kappa shape index (κ2) is 7.38. The van der Waals surface area contributed by atoms with Gasteiger partial charge in [0.1, 0.15) is 12.4 Å². The molecule has 0 radical (unpaired) electrons. The molecule has 1 aliphatic rings. The van der Waals surface area contributed by atoms with Crippen molar-refractivity contribution in [2.45, 2.75) is 25.4 Å². The number of hydrogen-bond donors (Lipinski definition) is 1. The van der Waals surface area contributed by atoms with Gasteiger partial charge in [-0.3, -0.25) is 9.59 Å². The van der Waals surface area contributed by atoms with Crippen molar-refractivity contribution in [2.75, 3.05) is 16.8 Å². The van der Waals surface area contributed by atoms with Gasteiger partial charge in [0, 0.05) is 12.1 Å². The van der Waals surface area contributed by atoms with Crippen LogP contribution in [0.15, 0.2) is 42.5 Å². The minimum Gasteiger partial charge on any atom is -0.322 e. The van der Waals surface area contributed by atoms with Crippen molar-refractivity contribution in [3.8, 4) is 0 Å². The van der Waals surface area contributed by atoms with Crippen molar-refractivity contribution in [1.29, 1.82) is 0 Å². The van der Waals surface area contributed by atoms with Gasteiger partial charge in [0.15, 0.2) is 0 Å². The minimum atomic E-state index is -4.66. The van der Waals surface area contributed by atoms with E-state index in [1.54, 1.807) is 12.1 Å². The Balaban J connectivity index is 1.81. The van der Waals surface area contributed by atoms with Crippen LogP contribution in [-0.4, -0.2) is 18.4 Å². The Morgan fingerprint density at radius 3 is 2.59 bits per heavy atom. The second-order valence-corrected chi connectivity index (χ2v) is 6.20. The first-order chi connectivity index (χ1) is 12.8. The molecular weight excluding hydrogens is 364 g/mol. The number of carbonyl (C=O) groups is 2. The fourth-order valence-corrected chi connectivity index (χ4v) is 2.99. The number of amides is 2. The van der Waals surface area contributed by atoms with E-state index in [2.05, 4.69) is 5.32 Å². The van der Waals surface area contributed by atoms with Crippen LogP contribution < -0.4 is 10.2 Å². The monoisotopic (exact) mass is 380 g/mol. The van der Waals surface area contributed by atoms with Crippen LogP contribution in [0.3, 0.4) is 0 Å². The molecule has 1 heterocycles. The maximum Gasteiger partial charge on any atom is 0.416 e. The van der Waals surface area contributed by atoms with Crippen molar-refractivity contribution >= 4 is 23.2 Å². The third-order valence-corrected chi connectivity index (χ3v) is 4.29. The first-order valence-corrected chi connectivity index (χ1v) is 8.30. The number of alkyl halides is 3. The zero-order valence-electron chi connectivity index (χ0n) is 14.1. The molecule has 0 unspecified atom stereocenters. The summed E-state index contributed by atoms with van der Waals surface area (Å²) in [5, 5.41) is 2.13. The van der Waals surface area contributed by atoms with Crippen molar-refractivity contribution < 1.29 is 27.2 Å². The van der Waals surface area contributed by atoms with Gasteiger partial charge in [-0.25, -0.2) is 4.39 Å². The molecule has 142 valence electrons. The molecule has 8 heteroatoms. The largest absolute Gasteiger partial charge is 0.416 e. The molecule has 1 N–H and O–H groups in total. The van der Waals surface area contributed by atoms with E-state index in [0.29, 0.717) is 36.7 Å². The summed E-state index contributed by atoms with van der Waals surface area (Å²) in [5.74, 6) is -2.03. The zero-order chi connectivity index (χ0) is 19.6. The number of aryl methyl sites for hydroxylation is 1. The summed E-state index contributed by atoms with van der Waals surface area (Å²) >= 11 is 0. The van der Waals surface area contributed by atoms with E-state index in [1.165, 1.54) is 4.90 Å². The molecule has 0 saturated carbocycles. The van der Waals surface area contributed by atoms with Crippen LogP contribution >= 0.6 is 0 Å². The molecule has 0 fully saturated rings. The van der Waals surface area contributed by atoms with Gasteiger partial charge < -0.3 is 10.2 Å². The highest BCUT2D eigenvalue weighted by Gasteiger charge is 2.31. The SMILES string of the molecule is O=C(CN1C(=O)CCCc2ccccc21)Nc1cc(C(F)(F)F)ccc1F. The molecule has 2 amide bonds. The molecule has 0 aliphatic carbocycles. The lowest BCUT2D eigenvalue weighted by Crippen LogP contribution is -2.37. The quantitative estimate of drug-likeness (QED) is 0.814. The second-order valence-electron chi connectivity index (χ2n) is 6.20. The number of carbonyl (C=O) groups excluding carboxylic acids is 2. The zero-order valence-corrected chi connectivity index (χ0v) is 14.1. The molecule has 3 rings (SSSR count). The highest BCUT2D eigenvalue weighted by atomic mass is 19.4. The first-order valence-electron chi connectivity index (χ1n) is 8.30. The molecule has 4 nitrogen and oxygen atoms in total. The van der Waals surface area contributed by atoms with Crippen molar-refractivity contribution in [1.82, 2.24) is 0 Å². The lowest BCUT2D eigenvalue weighted by molar-refractivity contribution is -0.137. The van der Waals surface area contributed by atoms with Crippen LogP contribution in [0.1, 0.15) is 24.0 Å². The average molecular weight is 380 g/mol. The van der Waals surface area contributed by atoms with Crippen molar-refractivity contribution in [3.63, 3.8) is 0 Å². The van der Waals surface area contributed by atoms with E-state index in [-0.39, 0.29) is 12.3 Å². The van der Waals surface area contributed by atoms with E-state index in [4.69, 9.17) is 0 Å². The summed E-state index contributed by atoms with van der Waals surface area (Å²) in [4.78, 5) is 25.9. The Morgan fingerprint density at radius 1 is 1.11 bits per heavy atom. The molecule has 0 spiro atoms. The highest BCUT2D eigenvalue weighted by Crippen LogP contribution is 2.32. The standard InChI is InChI=1S/C19H16F4N2O2/c20-14-9-8-13(19(21,22)23)10-15(14)24-17(26)11-25-16-6-2-1-4-12(16)5-3-7-18(25)27/h1-2,4,6,8-10H,3,5,7,11H2,(H,24,26). The van der Waals surface area contributed by atoms with E-state index >= 15 is 0 Å². The van der Waals surface area contributed by atoms with Crippen molar-refractivity contribution in [2.24, 2.45) is 0 Å². The van der Waals surface area contributed by atoms with E-state index < -0.39 is 35.7 Å². The van der Waals surface area contributed by atoms with E-state index in [9.17, 15) is 27.2 Å². The van der Waals surface area contributed by atoms with E-state index in [0.717, 1.165) is 5.56 Å². The number of nitrogens with one attached hydrogen (secondary N) is 1. The van der Waals surface area contributed by atoms with Gasteiger partial charge in [0.05, 0.1) is 11.3 Å². The Hall–Kier alpha value is -2.90. The number of rotatable bonds is 3. The Labute approximate surface area is 152 Å². The van der Waals surface area contributed by atoms with Gasteiger partial charge in [-0.15, -0.1) is 0 Å². The number of para-hydroxylation sites is 1. The number of fused-ring (bicyclic) bond motifs is 1. The van der Waals surface area contributed by atoms with Gasteiger partial charge in [-0.1, -0.05) is 18.2 Å². The van der Waals surface area contributed by atoms with Crippen LogP contribution in [0.25, 0.3) is 0 Å². The molecule has 0 aromatic heterocycles. The maximum absolute atomic E-state index is 13.8. The Morgan fingerprint density at radius 2 is 1.85 bits per heavy atom. The van der Waals surface area contributed by atoms with Gasteiger partial charge in [-0.2, -0.15) is 13.2 Å². The normalized spacial score (nSPS) is 14.5. The van der Waals surface area contributed by atoms with Crippen LogP contribution in [0.4, 0.5) is 28.9 Å². The van der Waals surface area contributed by atoms with Gasteiger partial charge in [-0.05, 0) is 42.7 Å². The molecule has 2 aromatic rings. The average Bonchev–Trinajstić information content (AvgIpc) is 2.75. The van der Waals surface area contributed by atoms with Crippen molar-refractivity contribution in [3.05, 3.63) is 59.4 Å². The van der Waals surface area contributed by atoms with Crippen LogP contribution in [0.2, 0.25) is 0 Å². The Bertz CT molecular complexity index is 880. The van der Waals surface area contributed by atoms with E-state index in [1.807, 2.05) is 12.1 Å². The predicted octanol–water partition coefficient (Wildman–Crippen LogP) is 4.15. The summed E-state index contributed by atoms with van der Waals surface area (Å²) in [6, 6.07) is 8.89. The smallest absolute Gasteiger partial charge is 0.322 e. The number of nitrogens with zero attached hydrogens (tertiary/aromatic N) is 1. The fraction of sp³-hybridized carbons (Fsp3) is 0.263. The van der Waals surface area contributed by atoms with Crippen LogP contribution in [0.5, 0.6) is 0 Å². The summed E-state index contributed by atoms with van der Waals surface area (Å²) < 4.78 is 52.2. The molecule has 0 atom stereocenters. The molecular formula is C19H16F4N2O2. The molecule has 27 heavy (non-hydrogen) atoms. The first kappa shape index (κ1) is 18.9. The summed E-state index contributed by atoms with van der Waals surface area (Å²) in [5.41, 5.74) is -0.165. The van der Waals surface area contributed by atoms with Gasteiger partial charge in [0.2, 0.25) is 11.8 Å². The minimum absolute atomic E-state index is 0.250. The lowest BCUT2D eigenvalue weighted by atomic mass is 10.1. The number of anilines is 2. The summed E-state index contributed by atoms with van der Waals surface area (Å²) in [7, 11) is 0. The Kier molecular flexibility index (Phi) is 5.16. The number of halogens is 4. The fourth-order valence-electron chi connectivity index (χ4n) is 2.99. The third-order valence-electron chi connectivity index (χ3n) is 4.29. The van der Waals surface area contributed by atoms with Gasteiger partial charge in [0.25, 0.3) is 0 Å². The molecule has 2 aromatic carbocycles. The third kappa shape index (κ3) is 4.27. The molecule has 0 saturated heterocycles. The number of hydrogen-bond acceptors (Lipinski definition) is 2. The predicted molar refractivity (Wildman–Crippen MR) is 91.8 cm³/mol. The topological polar surface area (TPSA) is 49.4 Å². The lowest BCUT2D eigenvalue weighted by Gasteiger charge is -2.22. The van der Waals surface area contributed by atoms with Crippen LogP contribution in [0, 0.1) is 5.82 Å². The number of benzene rings is 2.